The predicted molar refractivity (Wildman–Crippen MR) is 104 cm³/mol. The summed E-state index contributed by atoms with van der Waals surface area (Å²) < 4.78 is 27.6. The van der Waals surface area contributed by atoms with Crippen LogP contribution in [-0.2, 0) is 10.0 Å². The Labute approximate surface area is 160 Å². The van der Waals surface area contributed by atoms with Crippen LogP contribution in [0.3, 0.4) is 0 Å². The van der Waals surface area contributed by atoms with E-state index in [4.69, 9.17) is 0 Å². The SMILES string of the molecule is Cc1ccc(S(=O)(=O)NC2CC2)cc1C(=O)N[C@H](c1ccccc1)C1CC1. The monoisotopic (exact) mass is 384 g/mol. The molecule has 0 saturated heterocycles. The van der Waals surface area contributed by atoms with E-state index in [0.717, 1.165) is 36.8 Å². The number of carbonyl (C=O) groups excluding carboxylic acids is 1. The molecule has 0 heterocycles. The van der Waals surface area contributed by atoms with Crippen molar-refractivity contribution in [3.8, 4) is 0 Å². The topological polar surface area (TPSA) is 75.3 Å². The lowest BCUT2D eigenvalue weighted by molar-refractivity contribution is 0.0931. The fourth-order valence-electron chi connectivity index (χ4n) is 3.28. The lowest BCUT2D eigenvalue weighted by Crippen LogP contribution is -2.31. The molecule has 2 saturated carbocycles. The van der Waals surface area contributed by atoms with E-state index in [0.29, 0.717) is 11.5 Å². The first kappa shape index (κ1) is 18.2. The van der Waals surface area contributed by atoms with Crippen LogP contribution in [0.5, 0.6) is 0 Å². The molecular weight excluding hydrogens is 360 g/mol. The van der Waals surface area contributed by atoms with E-state index in [1.165, 1.54) is 6.07 Å². The number of aryl methyl sites for hydroxylation is 1. The molecule has 142 valence electrons. The molecule has 2 fully saturated rings. The standard InChI is InChI=1S/C21H24N2O3S/c1-14-7-12-18(27(25,26)23-17-10-11-17)13-19(14)21(24)22-20(16-8-9-16)15-5-3-2-4-6-15/h2-7,12-13,16-17,20,23H,8-11H2,1H3,(H,22,24)/t20-/m1/s1. The van der Waals surface area contributed by atoms with Crippen LogP contribution in [0.2, 0.25) is 0 Å². The molecule has 27 heavy (non-hydrogen) atoms. The number of amides is 1. The molecule has 0 bridgehead atoms. The van der Waals surface area contributed by atoms with E-state index in [1.54, 1.807) is 12.1 Å². The molecule has 1 amide bonds. The minimum Gasteiger partial charge on any atom is -0.345 e. The van der Waals surface area contributed by atoms with Crippen molar-refractivity contribution >= 4 is 15.9 Å². The van der Waals surface area contributed by atoms with Crippen molar-refractivity contribution in [2.75, 3.05) is 0 Å². The molecule has 0 radical (unpaired) electrons. The molecule has 1 atom stereocenters. The third-order valence-electron chi connectivity index (χ3n) is 5.20. The molecule has 0 aliphatic heterocycles. The van der Waals surface area contributed by atoms with Crippen molar-refractivity contribution in [2.24, 2.45) is 5.92 Å². The van der Waals surface area contributed by atoms with Crippen molar-refractivity contribution in [3.05, 3.63) is 65.2 Å². The van der Waals surface area contributed by atoms with Gasteiger partial charge < -0.3 is 5.32 Å². The first-order chi connectivity index (χ1) is 12.9. The number of hydrogen-bond acceptors (Lipinski definition) is 3. The highest BCUT2D eigenvalue weighted by Crippen LogP contribution is 2.41. The minimum absolute atomic E-state index is 0.0332. The van der Waals surface area contributed by atoms with E-state index in [-0.39, 0.29) is 22.9 Å². The molecule has 0 spiro atoms. The molecule has 2 N–H and O–H groups in total. The average Bonchev–Trinajstić information content (AvgIpc) is 3.55. The highest BCUT2D eigenvalue weighted by atomic mass is 32.2. The Kier molecular flexibility index (Phi) is 4.78. The van der Waals surface area contributed by atoms with Gasteiger partial charge in [-0.25, -0.2) is 13.1 Å². The van der Waals surface area contributed by atoms with Crippen molar-refractivity contribution < 1.29 is 13.2 Å². The zero-order valence-electron chi connectivity index (χ0n) is 15.3. The largest absolute Gasteiger partial charge is 0.345 e. The van der Waals surface area contributed by atoms with Crippen LogP contribution in [0, 0.1) is 12.8 Å². The maximum Gasteiger partial charge on any atom is 0.252 e. The van der Waals surface area contributed by atoms with Gasteiger partial charge in [0.05, 0.1) is 10.9 Å². The minimum atomic E-state index is -3.58. The normalized spacial score (nSPS) is 18.1. The summed E-state index contributed by atoms with van der Waals surface area (Å²) in [6.45, 7) is 1.83. The Hall–Kier alpha value is -2.18. The third kappa shape index (κ3) is 4.22. The van der Waals surface area contributed by atoms with E-state index >= 15 is 0 Å². The van der Waals surface area contributed by atoms with Gasteiger partial charge in [-0.2, -0.15) is 0 Å². The number of benzene rings is 2. The van der Waals surface area contributed by atoms with Crippen LogP contribution in [0.1, 0.15) is 53.2 Å². The van der Waals surface area contributed by atoms with Gasteiger partial charge in [0.1, 0.15) is 0 Å². The molecular formula is C21H24N2O3S. The number of nitrogens with one attached hydrogen (secondary N) is 2. The maximum atomic E-state index is 13.0. The molecule has 0 unspecified atom stereocenters. The van der Waals surface area contributed by atoms with Crippen LogP contribution >= 0.6 is 0 Å². The van der Waals surface area contributed by atoms with Gasteiger partial charge in [-0.3, -0.25) is 4.79 Å². The van der Waals surface area contributed by atoms with Crippen LogP contribution in [0.15, 0.2) is 53.4 Å². The Morgan fingerprint density at radius 2 is 1.74 bits per heavy atom. The van der Waals surface area contributed by atoms with Gasteiger partial charge in [-0.15, -0.1) is 0 Å². The molecule has 2 aromatic rings. The molecule has 2 aliphatic carbocycles. The van der Waals surface area contributed by atoms with Crippen LogP contribution in [0.25, 0.3) is 0 Å². The summed E-state index contributed by atoms with van der Waals surface area (Å²) in [6, 6.07) is 14.7. The highest BCUT2D eigenvalue weighted by molar-refractivity contribution is 7.89. The first-order valence-electron chi connectivity index (χ1n) is 9.43. The fourth-order valence-corrected chi connectivity index (χ4v) is 4.61. The highest BCUT2D eigenvalue weighted by Gasteiger charge is 2.34. The summed E-state index contributed by atoms with van der Waals surface area (Å²) >= 11 is 0. The second-order valence-electron chi connectivity index (χ2n) is 7.57. The molecule has 0 aromatic heterocycles. The summed E-state index contributed by atoms with van der Waals surface area (Å²) in [5.41, 5.74) is 2.26. The van der Waals surface area contributed by atoms with E-state index in [2.05, 4.69) is 10.0 Å². The third-order valence-corrected chi connectivity index (χ3v) is 6.72. The van der Waals surface area contributed by atoms with Crippen molar-refractivity contribution in [1.29, 1.82) is 0 Å². The van der Waals surface area contributed by atoms with Gasteiger partial charge in [0.15, 0.2) is 0 Å². The van der Waals surface area contributed by atoms with Crippen molar-refractivity contribution in [3.63, 3.8) is 0 Å². The first-order valence-corrected chi connectivity index (χ1v) is 10.9. The summed E-state index contributed by atoms with van der Waals surface area (Å²) in [7, 11) is -3.58. The van der Waals surface area contributed by atoms with Gasteiger partial charge in [-0.05, 0) is 61.8 Å². The van der Waals surface area contributed by atoms with Gasteiger partial charge in [0.2, 0.25) is 10.0 Å². The van der Waals surface area contributed by atoms with Gasteiger partial charge in [-0.1, -0.05) is 36.4 Å². The number of rotatable bonds is 7. The van der Waals surface area contributed by atoms with Crippen molar-refractivity contribution in [2.45, 2.75) is 49.6 Å². The van der Waals surface area contributed by atoms with Crippen molar-refractivity contribution in [1.82, 2.24) is 10.0 Å². The summed E-state index contributed by atoms with van der Waals surface area (Å²) in [4.78, 5) is 13.1. The quantitative estimate of drug-likeness (QED) is 0.769. The Morgan fingerprint density at radius 3 is 2.37 bits per heavy atom. The van der Waals surface area contributed by atoms with E-state index in [1.807, 2.05) is 37.3 Å². The van der Waals surface area contributed by atoms with E-state index in [9.17, 15) is 13.2 Å². The number of hydrogen-bond donors (Lipinski definition) is 2. The molecule has 2 aromatic carbocycles. The maximum absolute atomic E-state index is 13.0. The Morgan fingerprint density at radius 1 is 1.04 bits per heavy atom. The zero-order valence-corrected chi connectivity index (χ0v) is 16.1. The smallest absolute Gasteiger partial charge is 0.252 e. The van der Waals surface area contributed by atoms with E-state index < -0.39 is 10.0 Å². The summed E-state index contributed by atoms with van der Waals surface area (Å²) in [5, 5.41) is 3.13. The Balaban J connectivity index is 1.58. The molecule has 5 nitrogen and oxygen atoms in total. The average molecular weight is 385 g/mol. The zero-order chi connectivity index (χ0) is 19.0. The predicted octanol–water partition coefficient (Wildman–Crippen LogP) is 3.32. The molecule has 6 heteroatoms. The van der Waals surface area contributed by atoms with Gasteiger partial charge >= 0.3 is 0 Å². The molecule has 4 rings (SSSR count). The van der Waals surface area contributed by atoms with Gasteiger partial charge in [0.25, 0.3) is 5.91 Å². The number of sulfonamides is 1. The Bertz CT molecular complexity index is 949. The second kappa shape index (κ2) is 7.09. The fraction of sp³-hybridized carbons (Fsp3) is 0.381. The number of carbonyl (C=O) groups is 1. The van der Waals surface area contributed by atoms with Crippen LogP contribution < -0.4 is 10.0 Å². The van der Waals surface area contributed by atoms with Crippen LogP contribution in [-0.4, -0.2) is 20.4 Å². The summed E-state index contributed by atoms with van der Waals surface area (Å²) in [5.74, 6) is 0.219. The lowest BCUT2D eigenvalue weighted by Gasteiger charge is -2.20. The lowest BCUT2D eigenvalue weighted by atomic mass is 10.0. The van der Waals surface area contributed by atoms with Crippen LogP contribution in [0.4, 0.5) is 0 Å². The summed E-state index contributed by atoms with van der Waals surface area (Å²) in [6.07, 6.45) is 3.94. The van der Waals surface area contributed by atoms with Gasteiger partial charge in [0, 0.05) is 11.6 Å². The second-order valence-corrected chi connectivity index (χ2v) is 9.29. The molecule has 2 aliphatic rings.